The highest BCUT2D eigenvalue weighted by atomic mass is 79.9. The van der Waals surface area contributed by atoms with Crippen LogP contribution in [0.25, 0.3) is 10.8 Å². The Bertz CT molecular complexity index is 1270. The average Bonchev–Trinajstić information content (AvgIpc) is 2.74. The lowest BCUT2D eigenvalue weighted by Crippen LogP contribution is -2.14. The third-order valence-corrected chi connectivity index (χ3v) is 7.65. The van der Waals surface area contributed by atoms with Crippen molar-refractivity contribution in [1.82, 2.24) is 0 Å². The number of rotatable bonds is 7. The summed E-state index contributed by atoms with van der Waals surface area (Å²) in [6, 6.07) is 15.7. The highest BCUT2D eigenvalue weighted by molar-refractivity contribution is 9.10. The molecule has 0 aliphatic carbocycles. The number of carbonyl (C=O) groups is 2. The molecule has 1 unspecified atom stereocenters. The smallest absolute Gasteiger partial charge is 0.313 e. The number of carbonyl (C=O) groups excluding carboxylic acids is 1. The molecule has 0 saturated carbocycles. The fourth-order valence-electron chi connectivity index (χ4n) is 2.88. The molecular formula is C21H19BrN2O5S2. The van der Waals surface area contributed by atoms with Gasteiger partial charge >= 0.3 is 11.9 Å². The zero-order valence-electron chi connectivity index (χ0n) is 16.6. The number of nitrogens with one attached hydrogen (secondary N) is 1. The topological polar surface area (TPSA) is 105 Å². The van der Waals surface area contributed by atoms with Gasteiger partial charge in [0.1, 0.15) is 0 Å². The largest absolute Gasteiger partial charge is 0.481 e. The van der Waals surface area contributed by atoms with Gasteiger partial charge in [-0.05, 0) is 30.3 Å². The van der Waals surface area contributed by atoms with Gasteiger partial charge in [0.15, 0.2) is 15.7 Å². The molecule has 0 bridgehead atoms. The number of anilines is 1. The second kappa shape index (κ2) is 9.71. The zero-order chi connectivity index (χ0) is 22.6. The molecule has 31 heavy (non-hydrogen) atoms. The summed E-state index contributed by atoms with van der Waals surface area (Å²) < 4.78 is 27.1. The van der Waals surface area contributed by atoms with Crippen molar-refractivity contribution in [2.75, 3.05) is 17.5 Å². The fraction of sp³-hybridized carbons (Fsp3) is 0.143. The van der Waals surface area contributed by atoms with Gasteiger partial charge in [-0.2, -0.15) is 0 Å². The van der Waals surface area contributed by atoms with Crippen LogP contribution in [0.5, 0.6) is 5.75 Å². The van der Waals surface area contributed by atoms with Crippen molar-refractivity contribution in [3.63, 3.8) is 0 Å². The number of nitrogens with zero attached hydrogens (tertiary/aromatic N) is 1. The van der Waals surface area contributed by atoms with Crippen LogP contribution in [0, 0.1) is 0 Å². The first kappa shape index (κ1) is 23.1. The maximum Gasteiger partial charge on any atom is 0.313 e. The second-order valence-electron chi connectivity index (χ2n) is 6.34. The van der Waals surface area contributed by atoms with Crippen LogP contribution in [0.1, 0.15) is 6.92 Å². The molecule has 0 aromatic heterocycles. The van der Waals surface area contributed by atoms with Crippen molar-refractivity contribution in [1.29, 1.82) is 0 Å². The summed E-state index contributed by atoms with van der Waals surface area (Å²) in [5.74, 6) is -1.50. The Labute approximate surface area is 192 Å². The van der Waals surface area contributed by atoms with Gasteiger partial charge in [0.25, 0.3) is 0 Å². The molecule has 3 rings (SSSR count). The van der Waals surface area contributed by atoms with Crippen LogP contribution in [-0.4, -0.2) is 34.1 Å². The molecule has 0 aliphatic rings. The van der Waals surface area contributed by atoms with Gasteiger partial charge in [-0.3, -0.25) is 14.3 Å². The van der Waals surface area contributed by atoms with Gasteiger partial charge in [-0.25, -0.2) is 8.57 Å². The Kier molecular flexibility index (Phi) is 7.24. The fourth-order valence-corrected chi connectivity index (χ4v) is 5.30. The highest BCUT2D eigenvalue weighted by Gasteiger charge is 2.20. The molecule has 0 amide bonds. The van der Waals surface area contributed by atoms with E-state index in [1.807, 2.05) is 0 Å². The first-order valence-electron chi connectivity index (χ1n) is 9.01. The highest BCUT2D eigenvalue weighted by Crippen LogP contribution is 2.41. The number of esters is 1. The normalized spacial score (nSPS) is 12.7. The van der Waals surface area contributed by atoms with E-state index in [0.29, 0.717) is 26.3 Å². The predicted molar refractivity (Wildman–Crippen MR) is 126 cm³/mol. The van der Waals surface area contributed by atoms with Crippen molar-refractivity contribution in [3.8, 4) is 5.75 Å². The van der Waals surface area contributed by atoms with E-state index >= 15 is 0 Å². The van der Waals surface area contributed by atoms with Gasteiger partial charge in [-0.1, -0.05) is 40.2 Å². The lowest BCUT2D eigenvalue weighted by Gasteiger charge is -2.18. The van der Waals surface area contributed by atoms with Crippen molar-refractivity contribution in [2.45, 2.75) is 16.7 Å². The molecule has 2 N–H and O–H groups in total. The molecule has 10 heteroatoms. The summed E-state index contributed by atoms with van der Waals surface area (Å²) in [5.41, 5.74) is 0.484. The van der Waals surface area contributed by atoms with Crippen molar-refractivity contribution in [2.24, 2.45) is 4.36 Å². The number of ether oxygens (including phenoxy) is 1. The van der Waals surface area contributed by atoms with Crippen LogP contribution in [0.15, 0.2) is 73.2 Å². The third-order valence-electron chi connectivity index (χ3n) is 4.20. The first-order valence-corrected chi connectivity index (χ1v) is 12.3. The van der Waals surface area contributed by atoms with Crippen molar-refractivity contribution >= 4 is 66.0 Å². The quantitative estimate of drug-likeness (QED) is 0.251. The summed E-state index contributed by atoms with van der Waals surface area (Å²) >= 11 is 4.37. The van der Waals surface area contributed by atoms with Crippen LogP contribution in [0.3, 0.4) is 0 Å². The minimum Gasteiger partial charge on any atom is -0.481 e. The maximum atomic E-state index is 13.6. The molecule has 0 radical (unpaired) electrons. The van der Waals surface area contributed by atoms with Crippen molar-refractivity contribution in [3.05, 3.63) is 59.1 Å². The molecule has 3 aromatic carbocycles. The standard InChI is InChI=1S/C21H19BrN2O5S2/c1-13(25)29-21-17-6-4-3-5-16(17)18(11-19(21)30-12-20(26)27)24-31(28,23-2)15-9-7-14(22)8-10-15/h3-11H,12H2,1-2H3,(H,26,27)(H,23,24,28). The monoisotopic (exact) mass is 522 g/mol. The zero-order valence-corrected chi connectivity index (χ0v) is 19.8. The van der Waals surface area contributed by atoms with E-state index in [9.17, 15) is 13.8 Å². The number of hydrogen-bond donors (Lipinski definition) is 2. The van der Waals surface area contributed by atoms with Gasteiger partial charge in [0, 0.05) is 29.2 Å². The van der Waals surface area contributed by atoms with Crippen LogP contribution >= 0.6 is 27.7 Å². The Morgan fingerprint density at radius 1 is 1.16 bits per heavy atom. The number of fused-ring (bicyclic) bond motifs is 1. The molecule has 162 valence electrons. The second-order valence-corrected chi connectivity index (χ2v) is 10.4. The summed E-state index contributed by atoms with van der Waals surface area (Å²) in [4.78, 5) is 23.8. The Morgan fingerprint density at radius 3 is 2.39 bits per heavy atom. The van der Waals surface area contributed by atoms with E-state index in [1.54, 1.807) is 54.6 Å². The van der Waals surface area contributed by atoms with Crippen LogP contribution in [0.4, 0.5) is 5.69 Å². The van der Waals surface area contributed by atoms with Gasteiger partial charge in [0.05, 0.1) is 21.2 Å². The Balaban J connectivity index is 2.19. The van der Waals surface area contributed by atoms with E-state index in [1.165, 1.54) is 14.0 Å². The SMILES string of the molecule is CN=S(=O)(Nc1cc(SCC(=O)O)c(OC(C)=O)c2ccccc12)c1ccc(Br)cc1. The molecule has 0 aliphatic heterocycles. The van der Waals surface area contributed by atoms with E-state index in [0.717, 1.165) is 16.2 Å². The van der Waals surface area contributed by atoms with Gasteiger partial charge in [-0.15, -0.1) is 11.8 Å². The van der Waals surface area contributed by atoms with Crippen LogP contribution < -0.4 is 9.46 Å². The molecule has 1 atom stereocenters. The number of thioether (sulfide) groups is 1. The summed E-state index contributed by atoms with van der Waals surface area (Å²) in [6.45, 7) is 1.28. The summed E-state index contributed by atoms with van der Waals surface area (Å²) in [7, 11) is -1.56. The van der Waals surface area contributed by atoms with E-state index in [4.69, 9.17) is 9.84 Å². The number of carboxylic acid groups (broad SMARTS) is 1. The summed E-state index contributed by atoms with van der Waals surface area (Å²) in [5, 5.41) is 10.4. The number of halogens is 1. The lowest BCUT2D eigenvalue weighted by atomic mass is 10.1. The van der Waals surface area contributed by atoms with E-state index < -0.39 is 21.9 Å². The Morgan fingerprint density at radius 2 is 1.81 bits per heavy atom. The lowest BCUT2D eigenvalue weighted by molar-refractivity contribution is -0.134. The average molecular weight is 523 g/mol. The predicted octanol–water partition coefficient (Wildman–Crippen LogP) is 5.19. The van der Waals surface area contributed by atoms with Crippen LogP contribution in [0.2, 0.25) is 0 Å². The molecule has 0 fully saturated rings. The maximum absolute atomic E-state index is 13.6. The first-order chi connectivity index (χ1) is 14.7. The molecule has 0 saturated heterocycles. The third kappa shape index (κ3) is 5.38. The molecule has 3 aromatic rings. The number of benzene rings is 3. The molecule has 7 nitrogen and oxygen atoms in total. The molecule has 0 spiro atoms. The minimum absolute atomic E-state index is 0.230. The van der Waals surface area contributed by atoms with E-state index in [-0.39, 0.29) is 11.5 Å². The van der Waals surface area contributed by atoms with Crippen LogP contribution in [-0.2, 0) is 19.5 Å². The number of hydrogen-bond acceptors (Lipinski definition) is 6. The number of carboxylic acids is 1. The Hall–Kier alpha value is -2.56. The van der Waals surface area contributed by atoms with E-state index in [2.05, 4.69) is 25.0 Å². The summed E-state index contributed by atoms with van der Waals surface area (Å²) in [6.07, 6.45) is 0. The van der Waals surface area contributed by atoms with Crippen molar-refractivity contribution < 1.29 is 23.6 Å². The minimum atomic E-state index is -3.03. The number of aliphatic carboxylic acids is 1. The molecular weight excluding hydrogens is 504 g/mol. The van der Waals surface area contributed by atoms with Gasteiger partial charge < -0.3 is 9.84 Å². The molecule has 0 heterocycles. The van der Waals surface area contributed by atoms with Gasteiger partial charge in [0.2, 0.25) is 0 Å².